The fourth-order valence-electron chi connectivity index (χ4n) is 1.80. The molecule has 0 radical (unpaired) electrons. The summed E-state index contributed by atoms with van der Waals surface area (Å²) in [5.74, 6) is 0.0209. The number of pyridine rings is 1. The Morgan fingerprint density at radius 2 is 2.18 bits per heavy atom. The number of carbonyl (C=O) groups is 1. The Morgan fingerprint density at radius 1 is 1.41 bits per heavy atom. The molecule has 1 N–H and O–H groups in total. The highest BCUT2D eigenvalue weighted by Gasteiger charge is 2.16. The normalized spacial score (nSPS) is 12.1. The Morgan fingerprint density at radius 3 is 2.76 bits per heavy atom. The molecule has 0 fully saturated rings. The molecule has 0 spiro atoms. The lowest BCUT2D eigenvalue weighted by atomic mass is 10.1. The molecule has 0 unspecified atom stereocenters. The quantitative estimate of drug-likeness (QED) is 0.865. The molecule has 0 aliphatic carbocycles. The van der Waals surface area contributed by atoms with Crippen molar-refractivity contribution < 1.29 is 4.79 Å². The maximum atomic E-state index is 11.5. The van der Waals surface area contributed by atoms with Gasteiger partial charge in [0.15, 0.2) is 0 Å². The van der Waals surface area contributed by atoms with Crippen molar-refractivity contribution in [3.05, 3.63) is 54.6 Å². The molecule has 0 saturated heterocycles. The minimum atomic E-state index is -0.00125. The molecule has 2 aromatic rings. The van der Waals surface area contributed by atoms with Crippen LogP contribution in [0, 0.1) is 0 Å². The van der Waals surface area contributed by atoms with Gasteiger partial charge in [0.05, 0.1) is 12.5 Å². The number of aromatic nitrogens is 2. The largest absolute Gasteiger partial charge is 0.359 e. The number of carbonyl (C=O) groups excluding carboxylic acids is 1. The van der Waals surface area contributed by atoms with E-state index in [1.54, 1.807) is 19.4 Å². The molecule has 2 heterocycles. The van der Waals surface area contributed by atoms with Gasteiger partial charge in [-0.3, -0.25) is 9.78 Å². The van der Waals surface area contributed by atoms with Gasteiger partial charge in [0.2, 0.25) is 5.91 Å². The standard InChI is InChI=1S/C13H15N3O/c1-14-13(17)9-12(16-7-2-3-8-16)11-5-4-6-15-10-11/h2-8,10,12H,9H2,1H3,(H,14,17)/t12-/m1/s1. The summed E-state index contributed by atoms with van der Waals surface area (Å²) in [5.41, 5.74) is 1.03. The van der Waals surface area contributed by atoms with Gasteiger partial charge in [-0.2, -0.15) is 0 Å². The first-order chi connectivity index (χ1) is 8.31. The van der Waals surface area contributed by atoms with Crippen LogP contribution in [0.15, 0.2) is 49.1 Å². The predicted octanol–water partition coefficient (Wildman–Crippen LogP) is 1.61. The number of hydrogen-bond acceptors (Lipinski definition) is 2. The maximum Gasteiger partial charge on any atom is 0.222 e. The third-order valence-corrected chi connectivity index (χ3v) is 2.71. The van der Waals surface area contributed by atoms with E-state index in [1.807, 2.05) is 41.2 Å². The van der Waals surface area contributed by atoms with E-state index in [1.165, 1.54) is 0 Å². The molecule has 0 aliphatic rings. The summed E-state index contributed by atoms with van der Waals surface area (Å²) in [6, 6.07) is 7.77. The van der Waals surface area contributed by atoms with Gasteiger partial charge in [0.1, 0.15) is 0 Å². The Labute approximate surface area is 100 Å². The highest BCUT2D eigenvalue weighted by atomic mass is 16.1. The molecule has 17 heavy (non-hydrogen) atoms. The zero-order valence-corrected chi connectivity index (χ0v) is 9.71. The van der Waals surface area contributed by atoms with E-state index < -0.39 is 0 Å². The maximum absolute atomic E-state index is 11.5. The Kier molecular flexibility index (Phi) is 3.55. The van der Waals surface area contributed by atoms with Crippen molar-refractivity contribution in [2.45, 2.75) is 12.5 Å². The van der Waals surface area contributed by atoms with Crippen molar-refractivity contribution in [1.29, 1.82) is 0 Å². The second kappa shape index (κ2) is 5.30. The van der Waals surface area contributed by atoms with Gasteiger partial charge in [-0.15, -0.1) is 0 Å². The number of nitrogens with zero attached hydrogens (tertiary/aromatic N) is 2. The molecule has 0 bridgehead atoms. The van der Waals surface area contributed by atoms with E-state index in [4.69, 9.17) is 0 Å². The van der Waals surface area contributed by atoms with Crippen LogP contribution in [-0.2, 0) is 4.79 Å². The van der Waals surface area contributed by atoms with Crippen LogP contribution >= 0.6 is 0 Å². The van der Waals surface area contributed by atoms with E-state index in [0.29, 0.717) is 6.42 Å². The molecular weight excluding hydrogens is 214 g/mol. The Bertz CT molecular complexity index is 465. The molecule has 4 nitrogen and oxygen atoms in total. The monoisotopic (exact) mass is 229 g/mol. The fraction of sp³-hybridized carbons (Fsp3) is 0.231. The lowest BCUT2D eigenvalue weighted by Crippen LogP contribution is -2.23. The van der Waals surface area contributed by atoms with Crippen LogP contribution in [0.25, 0.3) is 0 Å². The van der Waals surface area contributed by atoms with Crippen molar-refractivity contribution >= 4 is 5.91 Å². The smallest absolute Gasteiger partial charge is 0.222 e. The number of nitrogens with one attached hydrogen (secondary N) is 1. The summed E-state index contributed by atoms with van der Waals surface area (Å²) in [6.45, 7) is 0. The van der Waals surface area contributed by atoms with Crippen LogP contribution in [0.5, 0.6) is 0 Å². The van der Waals surface area contributed by atoms with Crippen LogP contribution in [0.1, 0.15) is 18.0 Å². The molecule has 0 aromatic carbocycles. The summed E-state index contributed by atoms with van der Waals surface area (Å²) in [4.78, 5) is 15.6. The van der Waals surface area contributed by atoms with Gasteiger partial charge in [-0.05, 0) is 23.8 Å². The first kappa shape index (κ1) is 11.4. The van der Waals surface area contributed by atoms with E-state index in [2.05, 4.69) is 10.3 Å². The van der Waals surface area contributed by atoms with E-state index >= 15 is 0 Å². The number of rotatable bonds is 4. The molecule has 2 rings (SSSR count). The van der Waals surface area contributed by atoms with Crippen LogP contribution in [-0.4, -0.2) is 22.5 Å². The number of amides is 1. The first-order valence-corrected chi connectivity index (χ1v) is 5.54. The molecule has 4 heteroatoms. The van der Waals surface area contributed by atoms with Crippen LogP contribution in [0.2, 0.25) is 0 Å². The third kappa shape index (κ3) is 2.72. The highest BCUT2D eigenvalue weighted by Crippen LogP contribution is 2.21. The summed E-state index contributed by atoms with van der Waals surface area (Å²) in [7, 11) is 1.65. The van der Waals surface area contributed by atoms with Crippen LogP contribution < -0.4 is 5.32 Å². The average molecular weight is 229 g/mol. The molecule has 0 aliphatic heterocycles. The van der Waals surface area contributed by atoms with Gasteiger partial charge >= 0.3 is 0 Å². The Hall–Kier alpha value is -2.10. The molecular formula is C13H15N3O. The van der Waals surface area contributed by atoms with Gasteiger partial charge in [-0.25, -0.2) is 0 Å². The molecule has 88 valence electrons. The van der Waals surface area contributed by atoms with Crippen LogP contribution in [0.3, 0.4) is 0 Å². The highest BCUT2D eigenvalue weighted by molar-refractivity contribution is 5.76. The lowest BCUT2D eigenvalue weighted by molar-refractivity contribution is -0.121. The van der Waals surface area contributed by atoms with Crippen molar-refractivity contribution in [1.82, 2.24) is 14.9 Å². The zero-order valence-electron chi connectivity index (χ0n) is 9.71. The van der Waals surface area contributed by atoms with Gasteiger partial charge in [0.25, 0.3) is 0 Å². The van der Waals surface area contributed by atoms with E-state index in [9.17, 15) is 4.79 Å². The first-order valence-electron chi connectivity index (χ1n) is 5.54. The second-order valence-corrected chi connectivity index (χ2v) is 3.81. The third-order valence-electron chi connectivity index (χ3n) is 2.71. The Balaban J connectivity index is 2.28. The van der Waals surface area contributed by atoms with Gasteiger partial charge in [-0.1, -0.05) is 6.07 Å². The minimum Gasteiger partial charge on any atom is -0.359 e. The lowest BCUT2D eigenvalue weighted by Gasteiger charge is -2.18. The number of hydrogen-bond donors (Lipinski definition) is 1. The SMILES string of the molecule is CNC(=O)C[C@H](c1cccnc1)n1cccc1. The zero-order chi connectivity index (χ0) is 12.1. The van der Waals surface area contributed by atoms with Crippen molar-refractivity contribution in [3.8, 4) is 0 Å². The van der Waals surface area contributed by atoms with Crippen molar-refractivity contribution in [3.63, 3.8) is 0 Å². The topological polar surface area (TPSA) is 46.9 Å². The fourth-order valence-corrected chi connectivity index (χ4v) is 1.80. The average Bonchev–Trinajstić information content (AvgIpc) is 2.90. The summed E-state index contributed by atoms with van der Waals surface area (Å²) < 4.78 is 2.02. The summed E-state index contributed by atoms with van der Waals surface area (Å²) >= 11 is 0. The summed E-state index contributed by atoms with van der Waals surface area (Å²) in [5, 5.41) is 2.65. The molecule has 2 aromatic heterocycles. The van der Waals surface area contributed by atoms with Gasteiger partial charge < -0.3 is 9.88 Å². The second-order valence-electron chi connectivity index (χ2n) is 3.81. The molecule has 1 atom stereocenters. The van der Waals surface area contributed by atoms with E-state index in [-0.39, 0.29) is 11.9 Å². The van der Waals surface area contributed by atoms with E-state index in [0.717, 1.165) is 5.56 Å². The predicted molar refractivity (Wildman–Crippen MR) is 65.5 cm³/mol. The molecule has 0 saturated carbocycles. The van der Waals surface area contributed by atoms with Crippen molar-refractivity contribution in [2.75, 3.05) is 7.05 Å². The van der Waals surface area contributed by atoms with Gasteiger partial charge in [0, 0.05) is 31.8 Å². The van der Waals surface area contributed by atoms with Crippen LogP contribution in [0.4, 0.5) is 0 Å². The molecule has 1 amide bonds. The van der Waals surface area contributed by atoms with Crippen molar-refractivity contribution in [2.24, 2.45) is 0 Å². The minimum absolute atomic E-state index is 0.00125. The summed E-state index contributed by atoms with van der Waals surface area (Å²) in [6.07, 6.45) is 7.86.